The maximum absolute atomic E-state index is 11.9. The Labute approximate surface area is 147 Å². The van der Waals surface area contributed by atoms with Gasteiger partial charge in [0.2, 0.25) is 4.96 Å². The van der Waals surface area contributed by atoms with Crippen molar-refractivity contribution in [3.63, 3.8) is 0 Å². The lowest BCUT2D eigenvalue weighted by atomic mass is 10.2. The van der Waals surface area contributed by atoms with E-state index in [1.165, 1.54) is 21.9 Å². The molecule has 0 unspecified atom stereocenters. The summed E-state index contributed by atoms with van der Waals surface area (Å²) in [6.45, 7) is 3.12. The molecule has 3 aromatic rings. The summed E-state index contributed by atoms with van der Waals surface area (Å²) >= 11 is 13.4. The van der Waals surface area contributed by atoms with Crippen LogP contribution in [0.25, 0.3) is 4.96 Å². The maximum Gasteiger partial charge on any atom is 0.275 e. The largest absolute Gasteiger partial charge is 0.295 e. The van der Waals surface area contributed by atoms with Crippen LogP contribution in [0, 0.1) is 6.92 Å². The molecule has 0 aliphatic carbocycles. The van der Waals surface area contributed by atoms with Crippen LogP contribution < -0.4 is 5.56 Å². The summed E-state index contributed by atoms with van der Waals surface area (Å²) in [5.41, 5.74) is 1.62. The Bertz CT molecular complexity index is 921. The lowest BCUT2D eigenvalue weighted by Gasteiger charge is -2.15. The maximum atomic E-state index is 11.9. The molecular weight excluding hydrogens is 355 g/mol. The Morgan fingerprint density at radius 2 is 2.00 bits per heavy atom. The molecule has 0 fully saturated rings. The molecule has 0 N–H and O–H groups in total. The lowest BCUT2D eigenvalue weighted by Crippen LogP contribution is -2.18. The molecule has 0 atom stereocenters. The van der Waals surface area contributed by atoms with E-state index in [0.717, 1.165) is 10.6 Å². The number of benzene rings is 1. The monoisotopic (exact) mass is 368 g/mol. The Kier molecular flexibility index (Phi) is 4.68. The molecule has 2 aromatic heterocycles. The molecule has 2 heterocycles. The van der Waals surface area contributed by atoms with Crippen molar-refractivity contribution in [2.45, 2.75) is 20.0 Å². The van der Waals surface area contributed by atoms with Gasteiger partial charge in [0.25, 0.3) is 5.56 Å². The number of nitrogens with zero attached hydrogens (tertiary/aromatic N) is 4. The van der Waals surface area contributed by atoms with Gasteiger partial charge >= 0.3 is 0 Å². The Morgan fingerprint density at radius 3 is 2.74 bits per heavy atom. The minimum absolute atomic E-state index is 0.151. The van der Waals surface area contributed by atoms with Gasteiger partial charge in [0.1, 0.15) is 5.01 Å². The van der Waals surface area contributed by atoms with Crippen molar-refractivity contribution in [2.75, 3.05) is 7.05 Å². The molecule has 0 aliphatic rings. The molecular formula is C15H14Cl2N4OS. The van der Waals surface area contributed by atoms with E-state index in [2.05, 4.69) is 15.0 Å². The third-order valence-electron chi connectivity index (χ3n) is 3.26. The van der Waals surface area contributed by atoms with Crippen molar-refractivity contribution in [1.29, 1.82) is 0 Å². The third-order valence-corrected chi connectivity index (χ3v) is 4.89. The van der Waals surface area contributed by atoms with E-state index in [-0.39, 0.29) is 5.56 Å². The fourth-order valence-electron chi connectivity index (χ4n) is 2.26. The molecule has 0 aliphatic heterocycles. The van der Waals surface area contributed by atoms with Crippen LogP contribution in [0.3, 0.4) is 0 Å². The summed E-state index contributed by atoms with van der Waals surface area (Å²) in [4.78, 5) is 18.9. The summed E-state index contributed by atoms with van der Waals surface area (Å²) in [5, 5.41) is 6.27. The van der Waals surface area contributed by atoms with E-state index in [4.69, 9.17) is 23.2 Å². The Morgan fingerprint density at radius 1 is 1.22 bits per heavy atom. The predicted octanol–water partition coefficient (Wildman–Crippen LogP) is 3.40. The highest BCUT2D eigenvalue weighted by atomic mass is 35.5. The van der Waals surface area contributed by atoms with Gasteiger partial charge in [0.05, 0.1) is 16.6 Å². The molecule has 0 saturated heterocycles. The summed E-state index contributed by atoms with van der Waals surface area (Å²) in [7, 11) is 1.98. The first-order chi connectivity index (χ1) is 10.9. The van der Waals surface area contributed by atoms with Gasteiger partial charge in [0.15, 0.2) is 0 Å². The fraction of sp³-hybridized carbons (Fsp3) is 0.267. The van der Waals surface area contributed by atoms with Crippen LogP contribution in [-0.2, 0) is 13.1 Å². The first-order valence-electron chi connectivity index (χ1n) is 6.91. The molecule has 3 rings (SSSR count). The van der Waals surface area contributed by atoms with Crippen molar-refractivity contribution >= 4 is 39.5 Å². The minimum atomic E-state index is -0.151. The molecule has 0 amide bonds. The van der Waals surface area contributed by atoms with Gasteiger partial charge in [-0.2, -0.15) is 9.61 Å². The van der Waals surface area contributed by atoms with Crippen LogP contribution in [0.2, 0.25) is 10.0 Å². The number of rotatable bonds is 4. The third kappa shape index (κ3) is 3.72. The van der Waals surface area contributed by atoms with Gasteiger partial charge in [-0.25, -0.2) is 4.98 Å². The average Bonchev–Trinajstić information content (AvgIpc) is 2.85. The number of hydrogen-bond donors (Lipinski definition) is 0. The fourth-order valence-corrected chi connectivity index (χ4v) is 3.61. The molecule has 0 bridgehead atoms. The number of aromatic nitrogens is 3. The zero-order valence-corrected chi connectivity index (χ0v) is 14.9. The van der Waals surface area contributed by atoms with E-state index in [9.17, 15) is 4.79 Å². The van der Waals surface area contributed by atoms with Gasteiger partial charge < -0.3 is 0 Å². The van der Waals surface area contributed by atoms with Crippen molar-refractivity contribution in [3.05, 3.63) is 60.9 Å². The molecule has 0 saturated carbocycles. The van der Waals surface area contributed by atoms with Gasteiger partial charge in [-0.15, -0.1) is 0 Å². The number of hydrogen-bond acceptors (Lipinski definition) is 5. The highest BCUT2D eigenvalue weighted by Crippen LogP contribution is 2.23. The lowest BCUT2D eigenvalue weighted by molar-refractivity contribution is 0.317. The van der Waals surface area contributed by atoms with Crippen LogP contribution in [0.4, 0.5) is 0 Å². The summed E-state index contributed by atoms with van der Waals surface area (Å²) < 4.78 is 1.35. The predicted molar refractivity (Wildman–Crippen MR) is 93.5 cm³/mol. The molecule has 8 heteroatoms. The molecule has 0 spiro atoms. The zero-order valence-electron chi connectivity index (χ0n) is 12.6. The SMILES string of the molecule is Cc1cc(=O)n2nc(CN(C)Cc3ccc(Cl)c(Cl)c3)sc2n1. The molecule has 5 nitrogen and oxygen atoms in total. The van der Waals surface area contributed by atoms with Crippen molar-refractivity contribution in [1.82, 2.24) is 19.5 Å². The highest BCUT2D eigenvalue weighted by Gasteiger charge is 2.10. The van der Waals surface area contributed by atoms with E-state index in [0.29, 0.717) is 33.8 Å². The number of halogens is 2. The first-order valence-corrected chi connectivity index (χ1v) is 8.48. The molecule has 23 heavy (non-hydrogen) atoms. The van der Waals surface area contributed by atoms with Gasteiger partial charge in [0, 0.05) is 18.3 Å². The van der Waals surface area contributed by atoms with Crippen LogP contribution in [-0.4, -0.2) is 26.5 Å². The number of fused-ring (bicyclic) bond motifs is 1. The van der Waals surface area contributed by atoms with Crippen LogP contribution in [0.15, 0.2) is 29.1 Å². The normalized spacial score (nSPS) is 11.5. The summed E-state index contributed by atoms with van der Waals surface area (Å²) in [6, 6.07) is 7.07. The van der Waals surface area contributed by atoms with Crippen LogP contribution in [0.5, 0.6) is 0 Å². The van der Waals surface area contributed by atoms with Crippen LogP contribution >= 0.6 is 34.5 Å². The van der Waals surface area contributed by atoms with Crippen LogP contribution in [0.1, 0.15) is 16.3 Å². The zero-order chi connectivity index (χ0) is 16.6. The van der Waals surface area contributed by atoms with Crippen molar-refractivity contribution < 1.29 is 0 Å². The van der Waals surface area contributed by atoms with Crippen molar-refractivity contribution in [2.24, 2.45) is 0 Å². The Hall–Kier alpha value is -1.47. The van der Waals surface area contributed by atoms with Gasteiger partial charge in [-0.3, -0.25) is 9.69 Å². The van der Waals surface area contributed by atoms with Crippen molar-refractivity contribution in [3.8, 4) is 0 Å². The Balaban J connectivity index is 1.77. The molecule has 1 aromatic carbocycles. The average molecular weight is 369 g/mol. The summed E-state index contributed by atoms with van der Waals surface area (Å²) in [5.74, 6) is 0. The van der Waals surface area contributed by atoms with E-state index < -0.39 is 0 Å². The van der Waals surface area contributed by atoms with Gasteiger partial charge in [-0.05, 0) is 31.7 Å². The highest BCUT2D eigenvalue weighted by molar-refractivity contribution is 7.16. The van der Waals surface area contributed by atoms with E-state index in [1.807, 2.05) is 19.2 Å². The topological polar surface area (TPSA) is 50.5 Å². The molecule has 0 radical (unpaired) electrons. The second kappa shape index (κ2) is 6.57. The number of aryl methyl sites for hydroxylation is 1. The first kappa shape index (κ1) is 16.4. The second-order valence-corrected chi connectivity index (χ2v) is 7.20. The van der Waals surface area contributed by atoms with E-state index in [1.54, 1.807) is 13.0 Å². The smallest absolute Gasteiger partial charge is 0.275 e. The quantitative estimate of drug-likeness (QED) is 0.707. The van der Waals surface area contributed by atoms with Gasteiger partial charge in [-0.1, -0.05) is 40.6 Å². The second-order valence-electron chi connectivity index (χ2n) is 5.35. The standard InChI is InChI=1S/C15H14Cl2N4OS/c1-9-5-14(22)21-15(18-9)23-13(19-21)8-20(2)7-10-3-4-11(16)12(17)6-10/h3-6H,7-8H2,1-2H3. The summed E-state index contributed by atoms with van der Waals surface area (Å²) in [6.07, 6.45) is 0. The van der Waals surface area contributed by atoms with E-state index >= 15 is 0 Å². The molecule has 120 valence electrons. The minimum Gasteiger partial charge on any atom is -0.295 e.